The fourth-order valence-corrected chi connectivity index (χ4v) is 2.60. The molecule has 1 N–H and O–H groups in total. The quantitative estimate of drug-likeness (QED) is 0.859. The number of para-hydroxylation sites is 1. The Morgan fingerprint density at radius 3 is 2.40 bits per heavy atom. The molecule has 1 fully saturated rings. The van der Waals surface area contributed by atoms with Crippen molar-refractivity contribution in [1.29, 1.82) is 0 Å². The number of anilines is 1. The molecular formula is C16H21NO3. The van der Waals surface area contributed by atoms with Gasteiger partial charge in [-0.25, -0.2) is 0 Å². The number of carbonyl (C=O) groups excluding carboxylic acids is 2. The van der Waals surface area contributed by atoms with Gasteiger partial charge in [-0.15, -0.1) is 0 Å². The minimum absolute atomic E-state index is 0.0111. The third kappa shape index (κ3) is 3.59. The van der Waals surface area contributed by atoms with Gasteiger partial charge in [0, 0.05) is 5.69 Å². The zero-order chi connectivity index (χ0) is 14.5. The van der Waals surface area contributed by atoms with Crippen molar-refractivity contribution < 1.29 is 14.3 Å². The second-order valence-corrected chi connectivity index (χ2v) is 5.40. The van der Waals surface area contributed by atoms with Gasteiger partial charge in [0.2, 0.25) is 0 Å². The lowest BCUT2D eigenvalue weighted by Gasteiger charge is -2.12. The molecule has 4 heteroatoms. The van der Waals surface area contributed by atoms with Crippen molar-refractivity contribution in [3.05, 3.63) is 29.3 Å². The Labute approximate surface area is 119 Å². The monoisotopic (exact) mass is 275 g/mol. The second-order valence-electron chi connectivity index (χ2n) is 5.40. The van der Waals surface area contributed by atoms with E-state index in [1.807, 2.05) is 32.0 Å². The van der Waals surface area contributed by atoms with Crippen LogP contribution in [0.4, 0.5) is 5.69 Å². The maximum atomic E-state index is 11.8. The summed E-state index contributed by atoms with van der Waals surface area (Å²) in [6, 6.07) is 5.82. The van der Waals surface area contributed by atoms with Gasteiger partial charge in [0.15, 0.2) is 6.61 Å². The number of esters is 1. The number of rotatable bonds is 4. The summed E-state index contributed by atoms with van der Waals surface area (Å²) in [4.78, 5) is 23.6. The maximum Gasteiger partial charge on any atom is 0.309 e. The van der Waals surface area contributed by atoms with Crippen LogP contribution < -0.4 is 5.32 Å². The highest BCUT2D eigenvalue weighted by Gasteiger charge is 2.24. The molecule has 1 aliphatic rings. The van der Waals surface area contributed by atoms with Crippen LogP contribution in [0.5, 0.6) is 0 Å². The summed E-state index contributed by atoms with van der Waals surface area (Å²) in [6.45, 7) is 3.67. The SMILES string of the molecule is Cc1cccc(C)c1NC(=O)COC(=O)C1CCCC1. The first kappa shape index (κ1) is 14.6. The Morgan fingerprint density at radius 2 is 1.80 bits per heavy atom. The van der Waals surface area contributed by atoms with Crippen molar-refractivity contribution in [3.63, 3.8) is 0 Å². The maximum absolute atomic E-state index is 11.8. The molecule has 1 aromatic carbocycles. The van der Waals surface area contributed by atoms with Gasteiger partial charge in [-0.3, -0.25) is 9.59 Å². The van der Waals surface area contributed by atoms with Gasteiger partial charge in [-0.1, -0.05) is 31.0 Å². The highest BCUT2D eigenvalue weighted by atomic mass is 16.5. The van der Waals surface area contributed by atoms with E-state index in [0.29, 0.717) is 0 Å². The van der Waals surface area contributed by atoms with Crippen LogP contribution in [0, 0.1) is 19.8 Å². The van der Waals surface area contributed by atoms with Gasteiger partial charge in [0.25, 0.3) is 5.91 Å². The standard InChI is InChI=1S/C16H21NO3/c1-11-6-5-7-12(2)15(11)17-14(18)10-20-16(19)13-8-3-4-9-13/h5-7,13H,3-4,8-10H2,1-2H3,(H,17,18). The van der Waals surface area contributed by atoms with Crippen molar-refractivity contribution in [2.75, 3.05) is 11.9 Å². The fourth-order valence-electron chi connectivity index (χ4n) is 2.60. The van der Waals surface area contributed by atoms with E-state index in [0.717, 1.165) is 42.5 Å². The molecule has 1 aliphatic carbocycles. The van der Waals surface area contributed by atoms with Crippen LogP contribution in [0.1, 0.15) is 36.8 Å². The van der Waals surface area contributed by atoms with Crippen molar-refractivity contribution in [2.24, 2.45) is 5.92 Å². The molecule has 4 nitrogen and oxygen atoms in total. The molecule has 0 aliphatic heterocycles. The number of ether oxygens (including phenoxy) is 1. The average Bonchev–Trinajstić information content (AvgIpc) is 2.94. The molecular weight excluding hydrogens is 254 g/mol. The molecule has 20 heavy (non-hydrogen) atoms. The van der Waals surface area contributed by atoms with Crippen LogP contribution in [0.15, 0.2) is 18.2 Å². The van der Waals surface area contributed by atoms with E-state index in [4.69, 9.17) is 4.74 Å². The van der Waals surface area contributed by atoms with Crippen molar-refractivity contribution >= 4 is 17.6 Å². The molecule has 0 aromatic heterocycles. The second kappa shape index (κ2) is 6.55. The Hall–Kier alpha value is -1.84. The average molecular weight is 275 g/mol. The largest absolute Gasteiger partial charge is 0.455 e. The van der Waals surface area contributed by atoms with E-state index in [-0.39, 0.29) is 24.4 Å². The van der Waals surface area contributed by atoms with Crippen molar-refractivity contribution in [1.82, 2.24) is 0 Å². The number of carbonyl (C=O) groups is 2. The minimum Gasteiger partial charge on any atom is -0.455 e. The molecule has 0 atom stereocenters. The molecule has 0 bridgehead atoms. The van der Waals surface area contributed by atoms with Crippen LogP contribution in [-0.4, -0.2) is 18.5 Å². The van der Waals surface area contributed by atoms with Gasteiger partial charge in [0.05, 0.1) is 5.92 Å². The number of nitrogens with one attached hydrogen (secondary N) is 1. The summed E-state index contributed by atoms with van der Waals surface area (Å²) in [7, 11) is 0. The third-order valence-electron chi connectivity index (χ3n) is 3.78. The smallest absolute Gasteiger partial charge is 0.309 e. The van der Waals surface area contributed by atoms with E-state index >= 15 is 0 Å². The molecule has 0 spiro atoms. The minimum atomic E-state index is -0.284. The first-order valence-electron chi connectivity index (χ1n) is 7.10. The van der Waals surface area contributed by atoms with Crippen molar-refractivity contribution in [3.8, 4) is 0 Å². The van der Waals surface area contributed by atoms with Crippen LogP contribution in [0.25, 0.3) is 0 Å². The lowest BCUT2D eigenvalue weighted by molar-refractivity contribution is -0.151. The first-order valence-corrected chi connectivity index (χ1v) is 7.10. The highest BCUT2D eigenvalue weighted by Crippen LogP contribution is 2.25. The van der Waals surface area contributed by atoms with Gasteiger partial charge >= 0.3 is 5.97 Å². The molecule has 1 amide bonds. The van der Waals surface area contributed by atoms with E-state index in [9.17, 15) is 9.59 Å². The molecule has 0 saturated heterocycles. The highest BCUT2D eigenvalue weighted by molar-refractivity contribution is 5.94. The first-order chi connectivity index (χ1) is 9.58. The van der Waals surface area contributed by atoms with Crippen molar-refractivity contribution in [2.45, 2.75) is 39.5 Å². The molecule has 0 unspecified atom stereocenters. The molecule has 2 rings (SSSR count). The summed E-state index contributed by atoms with van der Waals surface area (Å²) in [6.07, 6.45) is 3.93. The number of amides is 1. The van der Waals surface area contributed by atoms with Crippen LogP contribution in [0.3, 0.4) is 0 Å². The zero-order valence-corrected chi connectivity index (χ0v) is 12.1. The van der Waals surface area contributed by atoms with E-state index in [2.05, 4.69) is 5.32 Å². The number of hydrogen-bond acceptors (Lipinski definition) is 3. The molecule has 1 saturated carbocycles. The van der Waals surface area contributed by atoms with Gasteiger partial charge in [-0.05, 0) is 37.8 Å². The number of hydrogen-bond donors (Lipinski definition) is 1. The summed E-state index contributed by atoms with van der Waals surface area (Å²) >= 11 is 0. The predicted octanol–water partition coefficient (Wildman–Crippen LogP) is 2.98. The van der Waals surface area contributed by atoms with Gasteiger partial charge < -0.3 is 10.1 Å². The summed E-state index contributed by atoms with van der Waals surface area (Å²) in [5.74, 6) is -0.532. The summed E-state index contributed by atoms with van der Waals surface area (Å²) in [5.41, 5.74) is 2.80. The number of benzene rings is 1. The summed E-state index contributed by atoms with van der Waals surface area (Å²) < 4.78 is 5.09. The predicted molar refractivity (Wildman–Crippen MR) is 77.5 cm³/mol. The van der Waals surface area contributed by atoms with Gasteiger partial charge in [-0.2, -0.15) is 0 Å². The lowest BCUT2D eigenvalue weighted by Crippen LogP contribution is -2.24. The Bertz CT molecular complexity index is 484. The Morgan fingerprint density at radius 1 is 1.20 bits per heavy atom. The zero-order valence-electron chi connectivity index (χ0n) is 12.1. The molecule has 1 aromatic rings. The van der Waals surface area contributed by atoms with Crippen LogP contribution in [0.2, 0.25) is 0 Å². The Balaban J connectivity index is 1.85. The number of aryl methyl sites for hydroxylation is 2. The van der Waals surface area contributed by atoms with Crippen LogP contribution in [-0.2, 0) is 14.3 Å². The van der Waals surface area contributed by atoms with E-state index < -0.39 is 0 Å². The lowest BCUT2D eigenvalue weighted by atomic mass is 10.1. The fraction of sp³-hybridized carbons (Fsp3) is 0.500. The normalized spacial score (nSPS) is 15.1. The van der Waals surface area contributed by atoms with Crippen LogP contribution >= 0.6 is 0 Å². The third-order valence-corrected chi connectivity index (χ3v) is 3.78. The molecule has 0 heterocycles. The topological polar surface area (TPSA) is 55.4 Å². The Kier molecular flexibility index (Phi) is 4.77. The van der Waals surface area contributed by atoms with Gasteiger partial charge in [0.1, 0.15) is 0 Å². The van der Waals surface area contributed by atoms with E-state index in [1.165, 1.54) is 0 Å². The van der Waals surface area contributed by atoms with E-state index in [1.54, 1.807) is 0 Å². The summed E-state index contributed by atoms with van der Waals surface area (Å²) in [5, 5.41) is 2.81. The molecule has 0 radical (unpaired) electrons. The molecule has 108 valence electrons.